The highest BCUT2D eigenvalue weighted by Gasteiger charge is 2.61. The van der Waals surface area contributed by atoms with Crippen LogP contribution in [0.15, 0.2) is 35.6 Å². The fraction of sp³-hybridized carbons (Fsp3) is 0.400. The molecule has 7 nitrogen and oxygen atoms in total. The van der Waals surface area contributed by atoms with Crippen molar-refractivity contribution in [1.29, 1.82) is 0 Å². The number of benzene rings is 1. The third-order valence-electron chi connectivity index (χ3n) is 5.70. The normalized spacial score (nSPS) is 27.1. The van der Waals surface area contributed by atoms with Crippen LogP contribution in [0.25, 0.3) is 0 Å². The van der Waals surface area contributed by atoms with Crippen molar-refractivity contribution in [3.8, 4) is 0 Å². The van der Waals surface area contributed by atoms with E-state index in [9.17, 15) is 9.18 Å². The Bertz CT molecular complexity index is 1050. The first-order valence-corrected chi connectivity index (χ1v) is 10.6. The number of nitrogens with zero attached hydrogens (tertiary/aromatic N) is 3. The van der Waals surface area contributed by atoms with Crippen LogP contribution < -0.4 is 11.1 Å². The van der Waals surface area contributed by atoms with E-state index >= 15 is 4.39 Å². The van der Waals surface area contributed by atoms with E-state index in [0.29, 0.717) is 11.6 Å². The molecule has 2 aromatic rings. The summed E-state index contributed by atoms with van der Waals surface area (Å²) >= 11 is 1.08. The van der Waals surface area contributed by atoms with Crippen molar-refractivity contribution >= 4 is 40.9 Å². The lowest BCUT2D eigenvalue weighted by Crippen LogP contribution is -2.52. The summed E-state index contributed by atoms with van der Waals surface area (Å²) in [5.74, 6) is -0.681. The first-order chi connectivity index (χ1) is 14.4. The number of carbonyl (C=O) groups is 1. The molecule has 1 aliphatic carbocycles. The van der Waals surface area contributed by atoms with Gasteiger partial charge in [-0.2, -0.15) is 0 Å². The molecule has 31 heavy (non-hydrogen) atoms. The molecule has 0 unspecified atom stereocenters. The van der Waals surface area contributed by atoms with Crippen LogP contribution in [0.1, 0.15) is 40.5 Å². The van der Waals surface area contributed by atoms with Crippen molar-refractivity contribution in [3.05, 3.63) is 53.4 Å². The summed E-state index contributed by atoms with van der Waals surface area (Å²) in [5, 5.41) is 2.85. The first kappa shape index (κ1) is 21.9. The van der Waals surface area contributed by atoms with Crippen LogP contribution in [-0.4, -0.2) is 45.7 Å². The second-order valence-electron chi connectivity index (χ2n) is 7.81. The Morgan fingerprint density at radius 1 is 1.26 bits per heavy atom. The number of thioether (sulfide) groups is 1. The van der Waals surface area contributed by atoms with E-state index in [-0.39, 0.29) is 47.8 Å². The Balaban J connectivity index is 0.00000231. The molecule has 3 aliphatic rings. The lowest BCUT2D eigenvalue weighted by atomic mass is 9.79. The summed E-state index contributed by atoms with van der Waals surface area (Å²) < 4.78 is 35.8. The molecule has 3 heterocycles. The predicted molar refractivity (Wildman–Crippen MR) is 116 cm³/mol. The minimum Gasteiger partial charge on any atom is -0.379 e. The molecule has 2 aliphatic heterocycles. The molecule has 2 fully saturated rings. The van der Waals surface area contributed by atoms with Gasteiger partial charge < -0.3 is 15.8 Å². The molecule has 0 bridgehead atoms. The van der Waals surface area contributed by atoms with Crippen LogP contribution in [0.2, 0.25) is 0 Å². The molecule has 0 radical (unpaired) electrons. The third kappa shape index (κ3) is 3.77. The van der Waals surface area contributed by atoms with Crippen LogP contribution in [0.3, 0.4) is 0 Å². The van der Waals surface area contributed by atoms with Crippen molar-refractivity contribution in [1.82, 2.24) is 9.97 Å². The van der Waals surface area contributed by atoms with Gasteiger partial charge in [0.2, 0.25) is 0 Å². The van der Waals surface area contributed by atoms with E-state index in [4.69, 9.17) is 10.5 Å². The Morgan fingerprint density at radius 3 is 2.77 bits per heavy atom. The first-order valence-electron chi connectivity index (χ1n) is 9.58. The maximum atomic E-state index is 15.6. The van der Waals surface area contributed by atoms with Gasteiger partial charge in [0.15, 0.2) is 16.4 Å². The third-order valence-corrected chi connectivity index (χ3v) is 6.69. The standard InChI is InChI=1S/C20H19F2N5O2S.ClH/c21-14-4-3-12(26-17(28)16-7-24-15(6-25-16)11-1-2-11)5-13(14)20-9-29-8-19(20,22)10-30-18(23)27-20;/h3-7,11H,1-2,8-10H2,(H2,23,27)(H,26,28);1H/t19-,20-;/m1./s1. The van der Waals surface area contributed by atoms with E-state index in [1.54, 1.807) is 6.20 Å². The maximum Gasteiger partial charge on any atom is 0.275 e. The number of hydrogen-bond acceptors (Lipinski definition) is 7. The van der Waals surface area contributed by atoms with Crippen molar-refractivity contribution in [2.45, 2.75) is 30.0 Å². The number of aromatic nitrogens is 2. The molecule has 1 saturated heterocycles. The zero-order valence-corrected chi connectivity index (χ0v) is 17.9. The minimum atomic E-state index is -1.89. The van der Waals surface area contributed by atoms with Gasteiger partial charge in [-0.3, -0.25) is 9.78 Å². The van der Waals surface area contributed by atoms with Crippen LogP contribution in [-0.2, 0) is 10.3 Å². The Hall–Kier alpha value is -2.30. The number of aliphatic imine (C=N–C) groups is 1. The van der Waals surface area contributed by atoms with Gasteiger partial charge in [-0.25, -0.2) is 18.8 Å². The van der Waals surface area contributed by atoms with Crippen LogP contribution >= 0.6 is 24.2 Å². The summed E-state index contributed by atoms with van der Waals surface area (Å²) in [6.45, 7) is -0.330. The van der Waals surface area contributed by atoms with Crippen molar-refractivity contribution in [2.24, 2.45) is 10.7 Å². The number of alkyl halides is 1. The van der Waals surface area contributed by atoms with Crippen LogP contribution in [0.4, 0.5) is 14.5 Å². The molecule has 1 saturated carbocycles. The van der Waals surface area contributed by atoms with Gasteiger partial charge in [-0.1, -0.05) is 11.8 Å². The molecule has 164 valence electrons. The number of fused-ring (bicyclic) bond motifs is 1. The van der Waals surface area contributed by atoms with E-state index in [0.717, 1.165) is 30.3 Å². The molecule has 3 N–H and O–H groups in total. The van der Waals surface area contributed by atoms with E-state index < -0.39 is 22.9 Å². The lowest BCUT2D eigenvalue weighted by molar-refractivity contribution is 0.102. The molecular formula is C20H20ClF2N5O2S. The summed E-state index contributed by atoms with van der Waals surface area (Å²) in [6, 6.07) is 3.96. The van der Waals surface area contributed by atoms with Gasteiger partial charge >= 0.3 is 0 Å². The fourth-order valence-electron chi connectivity index (χ4n) is 3.85. The second kappa shape index (κ2) is 7.99. The topological polar surface area (TPSA) is 102 Å². The van der Waals surface area contributed by atoms with Crippen molar-refractivity contribution < 1.29 is 18.3 Å². The van der Waals surface area contributed by atoms with E-state index in [2.05, 4.69) is 20.3 Å². The van der Waals surface area contributed by atoms with Gasteiger partial charge in [0.1, 0.15) is 11.5 Å². The Labute approximate surface area is 187 Å². The average molecular weight is 468 g/mol. The van der Waals surface area contributed by atoms with Gasteiger partial charge in [0.25, 0.3) is 5.91 Å². The highest BCUT2D eigenvalue weighted by molar-refractivity contribution is 8.13. The number of hydrogen-bond donors (Lipinski definition) is 2. The van der Waals surface area contributed by atoms with E-state index in [1.807, 2.05) is 0 Å². The summed E-state index contributed by atoms with van der Waals surface area (Å²) in [5.41, 5.74) is 3.67. The molecule has 2 atom stereocenters. The number of rotatable bonds is 4. The number of ether oxygens (including phenoxy) is 1. The Morgan fingerprint density at radius 2 is 2.06 bits per heavy atom. The minimum absolute atomic E-state index is 0. The van der Waals surface area contributed by atoms with Gasteiger partial charge in [0, 0.05) is 29.1 Å². The fourth-order valence-corrected chi connectivity index (χ4v) is 4.77. The van der Waals surface area contributed by atoms with Gasteiger partial charge in [-0.05, 0) is 31.0 Å². The second-order valence-corrected chi connectivity index (χ2v) is 8.80. The molecule has 11 heteroatoms. The highest BCUT2D eigenvalue weighted by atomic mass is 35.5. The lowest BCUT2D eigenvalue weighted by Gasteiger charge is -2.38. The SMILES string of the molecule is Cl.NC1=N[C@@]2(c3cc(NC(=O)c4cnc(C5CC5)cn4)ccc3F)COC[C@@]2(F)CS1. The van der Waals surface area contributed by atoms with Crippen molar-refractivity contribution in [2.75, 3.05) is 24.3 Å². The highest BCUT2D eigenvalue weighted by Crippen LogP contribution is 2.50. The monoisotopic (exact) mass is 467 g/mol. The van der Waals surface area contributed by atoms with Crippen molar-refractivity contribution in [3.63, 3.8) is 0 Å². The number of nitrogens with one attached hydrogen (secondary N) is 1. The zero-order valence-electron chi connectivity index (χ0n) is 16.3. The molecule has 1 amide bonds. The van der Waals surface area contributed by atoms with Gasteiger partial charge in [0.05, 0.1) is 25.1 Å². The van der Waals surface area contributed by atoms with Crippen LogP contribution in [0.5, 0.6) is 0 Å². The molecule has 5 rings (SSSR count). The molecule has 1 aromatic heterocycles. The Kier molecular flexibility index (Phi) is 5.65. The number of amides is 1. The maximum absolute atomic E-state index is 15.6. The number of nitrogens with two attached hydrogens (primary N) is 1. The summed E-state index contributed by atoms with van der Waals surface area (Å²) in [4.78, 5) is 25.3. The summed E-state index contributed by atoms with van der Waals surface area (Å²) in [6.07, 6.45) is 5.20. The number of amidine groups is 1. The molecule has 1 aromatic carbocycles. The van der Waals surface area contributed by atoms with Gasteiger partial charge in [-0.15, -0.1) is 12.4 Å². The predicted octanol–water partition coefficient (Wildman–Crippen LogP) is 3.16. The number of anilines is 1. The average Bonchev–Trinajstić information content (AvgIpc) is 3.52. The summed E-state index contributed by atoms with van der Waals surface area (Å²) in [7, 11) is 0. The smallest absolute Gasteiger partial charge is 0.275 e. The molecule has 0 spiro atoms. The molecular weight excluding hydrogens is 448 g/mol. The van der Waals surface area contributed by atoms with Crippen LogP contribution in [0, 0.1) is 5.82 Å². The largest absolute Gasteiger partial charge is 0.379 e. The van der Waals surface area contributed by atoms with E-state index in [1.165, 1.54) is 24.4 Å². The number of carbonyl (C=O) groups excluding carboxylic acids is 1. The quantitative estimate of drug-likeness (QED) is 0.716. The number of halogens is 3. The zero-order chi connectivity index (χ0) is 20.9.